The Morgan fingerprint density at radius 2 is 1.91 bits per heavy atom. The number of nitrogens with one attached hydrogen (secondary N) is 1. The fourth-order valence-electron chi connectivity index (χ4n) is 2.31. The zero-order valence-electron chi connectivity index (χ0n) is 13.6. The number of nitrogens with zero attached hydrogens (tertiary/aromatic N) is 2. The van der Waals surface area contributed by atoms with E-state index < -0.39 is 0 Å². The molecule has 7 nitrogen and oxygen atoms in total. The SMILES string of the molecule is COCC(=O)N(C)CC(=O)Nc1ccc(N2CCOCC2)cc1. The van der Waals surface area contributed by atoms with Crippen molar-refractivity contribution in [1.82, 2.24) is 4.90 Å². The number of rotatable bonds is 6. The van der Waals surface area contributed by atoms with Crippen molar-refractivity contribution in [2.24, 2.45) is 0 Å². The minimum absolute atomic E-state index is 0.00654. The average molecular weight is 321 g/mol. The quantitative estimate of drug-likeness (QED) is 0.829. The molecule has 2 amide bonds. The fourth-order valence-corrected chi connectivity index (χ4v) is 2.31. The Balaban J connectivity index is 1.85. The molecule has 0 unspecified atom stereocenters. The number of benzene rings is 1. The number of carbonyl (C=O) groups is 2. The Kier molecular flexibility index (Phi) is 6.37. The van der Waals surface area contributed by atoms with Gasteiger partial charge in [-0.3, -0.25) is 9.59 Å². The fraction of sp³-hybridized carbons (Fsp3) is 0.500. The second kappa shape index (κ2) is 8.50. The monoisotopic (exact) mass is 321 g/mol. The van der Waals surface area contributed by atoms with Crippen LogP contribution in [-0.4, -0.2) is 70.3 Å². The van der Waals surface area contributed by atoms with E-state index in [2.05, 4.69) is 10.2 Å². The lowest BCUT2D eigenvalue weighted by molar-refractivity contribution is -0.136. The zero-order valence-corrected chi connectivity index (χ0v) is 13.6. The van der Waals surface area contributed by atoms with Crippen LogP contribution in [0.4, 0.5) is 11.4 Å². The lowest BCUT2D eigenvalue weighted by Crippen LogP contribution is -2.37. The van der Waals surface area contributed by atoms with Crippen molar-refractivity contribution in [3.05, 3.63) is 24.3 Å². The number of morpholine rings is 1. The summed E-state index contributed by atoms with van der Waals surface area (Å²) in [5, 5.41) is 2.78. The van der Waals surface area contributed by atoms with Gasteiger partial charge in [-0.25, -0.2) is 0 Å². The summed E-state index contributed by atoms with van der Waals surface area (Å²) in [6, 6.07) is 7.67. The Morgan fingerprint density at radius 3 is 2.52 bits per heavy atom. The molecule has 0 aromatic heterocycles. The van der Waals surface area contributed by atoms with Crippen molar-refractivity contribution in [2.75, 3.05) is 63.8 Å². The lowest BCUT2D eigenvalue weighted by Gasteiger charge is -2.28. The summed E-state index contributed by atoms with van der Waals surface area (Å²) in [7, 11) is 3.02. The van der Waals surface area contributed by atoms with E-state index in [-0.39, 0.29) is 25.0 Å². The molecule has 1 aromatic carbocycles. The number of likely N-dealkylation sites (N-methyl/N-ethyl adjacent to an activating group) is 1. The van der Waals surface area contributed by atoms with Gasteiger partial charge in [-0.05, 0) is 24.3 Å². The van der Waals surface area contributed by atoms with Crippen LogP contribution >= 0.6 is 0 Å². The van der Waals surface area contributed by atoms with Crippen LogP contribution in [0.3, 0.4) is 0 Å². The van der Waals surface area contributed by atoms with Gasteiger partial charge in [0.1, 0.15) is 6.61 Å². The molecule has 0 aliphatic carbocycles. The molecule has 23 heavy (non-hydrogen) atoms. The van der Waals surface area contributed by atoms with Crippen LogP contribution in [0.15, 0.2) is 24.3 Å². The summed E-state index contributed by atoms with van der Waals surface area (Å²) in [6.45, 7) is 3.18. The topological polar surface area (TPSA) is 71.1 Å². The highest BCUT2D eigenvalue weighted by atomic mass is 16.5. The second-order valence-electron chi connectivity index (χ2n) is 5.38. The normalized spacial score (nSPS) is 14.4. The van der Waals surface area contributed by atoms with E-state index in [1.165, 1.54) is 12.0 Å². The first-order valence-corrected chi connectivity index (χ1v) is 7.55. The van der Waals surface area contributed by atoms with Crippen LogP contribution < -0.4 is 10.2 Å². The van der Waals surface area contributed by atoms with Crippen molar-refractivity contribution < 1.29 is 19.1 Å². The molecule has 7 heteroatoms. The third kappa shape index (κ3) is 5.22. The standard InChI is InChI=1S/C16H23N3O4/c1-18(16(21)12-22-2)11-15(20)17-13-3-5-14(6-4-13)19-7-9-23-10-8-19/h3-6H,7-12H2,1-2H3,(H,17,20). The summed E-state index contributed by atoms with van der Waals surface area (Å²) in [6.07, 6.45) is 0. The van der Waals surface area contributed by atoms with E-state index in [4.69, 9.17) is 9.47 Å². The van der Waals surface area contributed by atoms with Gasteiger partial charge in [0.2, 0.25) is 11.8 Å². The van der Waals surface area contributed by atoms with Crippen molar-refractivity contribution >= 4 is 23.2 Å². The van der Waals surface area contributed by atoms with E-state index in [9.17, 15) is 9.59 Å². The predicted molar refractivity (Wildman–Crippen MR) is 87.6 cm³/mol. The van der Waals surface area contributed by atoms with Gasteiger partial charge in [0.05, 0.1) is 19.8 Å². The lowest BCUT2D eigenvalue weighted by atomic mass is 10.2. The van der Waals surface area contributed by atoms with Gasteiger partial charge in [-0.2, -0.15) is 0 Å². The van der Waals surface area contributed by atoms with E-state index in [0.717, 1.165) is 32.0 Å². The van der Waals surface area contributed by atoms with Crippen LogP contribution in [0.2, 0.25) is 0 Å². The number of amides is 2. The Bertz CT molecular complexity index is 527. The maximum Gasteiger partial charge on any atom is 0.248 e. The first-order valence-electron chi connectivity index (χ1n) is 7.55. The van der Waals surface area contributed by atoms with Gasteiger partial charge < -0.3 is 24.6 Å². The molecule has 0 saturated carbocycles. The van der Waals surface area contributed by atoms with Crippen molar-refractivity contribution in [3.8, 4) is 0 Å². The van der Waals surface area contributed by atoms with Gasteiger partial charge in [-0.1, -0.05) is 0 Å². The number of methoxy groups -OCH3 is 1. The number of carbonyl (C=O) groups excluding carboxylic acids is 2. The Hall–Kier alpha value is -2.12. The molecule has 1 aliphatic rings. The van der Waals surface area contributed by atoms with Crippen LogP contribution in [0.5, 0.6) is 0 Å². The molecule has 1 heterocycles. The molecule has 126 valence electrons. The van der Waals surface area contributed by atoms with Gasteiger partial charge in [-0.15, -0.1) is 0 Å². The molecule has 1 aromatic rings. The summed E-state index contributed by atoms with van der Waals surface area (Å²) < 4.78 is 10.1. The summed E-state index contributed by atoms with van der Waals surface area (Å²) in [5.74, 6) is -0.471. The zero-order chi connectivity index (χ0) is 16.7. The molecule has 2 rings (SSSR count). The third-order valence-electron chi connectivity index (χ3n) is 3.60. The maximum atomic E-state index is 11.9. The molecule has 0 spiro atoms. The number of hydrogen-bond acceptors (Lipinski definition) is 5. The first kappa shape index (κ1) is 17.2. The van der Waals surface area contributed by atoms with E-state index >= 15 is 0 Å². The number of hydrogen-bond donors (Lipinski definition) is 1. The Morgan fingerprint density at radius 1 is 1.26 bits per heavy atom. The van der Waals surface area contributed by atoms with Crippen LogP contribution in [0.25, 0.3) is 0 Å². The summed E-state index contributed by atoms with van der Waals surface area (Å²) in [4.78, 5) is 27.1. The molecule has 1 saturated heterocycles. The average Bonchev–Trinajstić information content (AvgIpc) is 2.56. The molecule has 1 aliphatic heterocycles. The van der Waals surface area contributed by atoms with Crippen molar-refractivity contribution in [1.29, 1.82) is 0 Å². The molecule has 1 fully saturated rings. The highest BCUT2D eigenvalue weighted by Gasteiger charge is 2.13. The number of anilines is 2. The van der Waals surface area contributed by atoms with Crippen molar-refractivity contribution in [3.63, 3.8) is 0 Å². The van der Waals surface area contributed by atoms with Gasteiger partial charge in [0.15, 0.2) is 0 Å². The van der Waals surface area contributed by atoms with E-state index in [0.29, 0.717) is 5.69 Å². The largest absolute Gasteiger partial charge is 0.378 e. The smallest absolute Gasteiger partial charge is 0.248 e. The minimum Gasteiger partial charge on any atom is -0.378 e. The molecular formula is C16H23N3O4. The van der Waals surface area contributed by atoms with E-state index in [1.807, 2.05) is 24.3 Å². The third-order valence-corrected chi connectivity index (χ3v) is 3.60. The van der Waals surface area contributed by atoms with Gasteiger partial charge in [0.25, 0.3) is 0 Å². The van der Waals surface area contributed by atoms with Crippen LogP contribution in [0, 0.1) is 0 Å². The predicted octanol–water partition coefficient (Wildman–Crippen LogP) is 0.567. The number of ether oxygens (including phenoxy) is 2. The molecule has 1 N–H and O–H groups in total. The summed E-state index contributed by atoms with van der Waals surface area (Å²) >= 11 is 0. The minimum atomic E-state index is -0.240. The molecular weight excluding hydrogens is 298 g/mol. The van der Waals surface area contributed by atoms with Crippen molar-refractivity contribution in [2.45, 2.75) is 0 Å². The highest BCUT2D eigenvalue weighted by Crippen LogP contribution is 2.18. The van der Waals surface area contributed by atoms with Gasteiger partial charge in [0, 0.05) is 38.6 Å². The van der Waals surface area contributed by atoms with Crippen LogP contribution in [-0.2, 0) is 19.1 Å². The van der Waals surface area contributed by atoms with Crippen LogP contribution in [0.1, 0.15) is 0 Å². The van der Waals surface area contributed by atoms with Gasteiger partial charge >= 0.3 is 0 Å². The summed E-state index contributed by atoms with van der Waals surface area (Å²) in [5.41, 5.74) is 1.82. The maximum absolute atomic E-state index is 11.9. The first-order chi connectivity index (χ1) is 11.1. The molecule has 0 radical (unpaired) electrons. The van der Waals surface area contributed by atoms with E-state index in [1.54, 1.807) is 7.05 Å². The second-order valence-corrected chi connectivity index (χ2v) is 5.38. The molecule has 0 atom stereocenters. The Labute approximate surface area is 136 Å². The molecule has 0 bridgehead atoms. The highest BCUT2D eigenvalue weighted by molar-refractivity contribution is 5.94.